The molecule has 0 aromatic heterocycles. The van der Waals surface area contributed by atoms with Gasteiger partial charge in [0.2, 0.25) is 0 Å². The average molecular weight is 195 g/mol. The van der Waals surface area contributed by atoms with Crippen LogP contribution in [0.1, 0.15) is 6.92 Å². The van der Waals surface area contributed by atoms with Crippen LogP contribution in [0, 0.1) is 5.92 Å². The first kappa shape index (κ1) is 11.8. The first-order valence-electron chi connectivity index (χ1n) is 3.84. The fraction of sp³-hybridized carbons (Fsp3) is 1.00. The smallest absolute Gasteiger partial charge is 0.276 e. The van der Waals surface area contributed by atoms with Crippen molar-refractivity contribution in [1.82, 2.24) is 14.8 Å². The molecule has 6 heteroatoms. The van der Waals surface area contributed by atoms with Crippen LogP contribution in [-0.2, 0) is 10.2 Å². The van der Waals surface area contributed by atoms with Crippen LogP contribution in [0.15, 0.2) is 0 Å². The molecule has 0 amide bonds. The summed E-state index contributed by atoms with van der Waals surface area (Å²) in [6, 6.07) is 0. The van der Waals surface area contributed by atoms with Crippen LogP contribution >= 0.6 is 0 Å². The van der Waals surface area contributed by atoms with E-state index in [9.17, 15) is 8.42 Å². The molecule has 0 saturated carbocycles. The van der Waals surface area contributed by atoms with E-state index in [1.165, 1.54) is 7.05 Å². The minimum atomic E-state index is -3.26. The summed E-state index contributed by atoms with van der Waals surface area (Å²) >= 11 is 0. The van der Waals surface area contributed by atoms with Crippen molar-refractivity contribution in [3.05, 3.63) is 0 Å². The second-order valence-corrected chi connectivity index (χ2v) is 4.42. The fourth-order valence-electron chi connectivity index (χ4n) is 0.745. The molecule has 12 heavy (non-hydrogen) atoms. The first-order valence-corrected chi connectivity index (χ1v) is 5.33. The molecule has 0 heterocycles. The fourth-order valence-corrected chi connectivity index (χ4v) is 1.39. The molecular weight excluding hydrogens is 178 g/mol. The van der Waals surface area contributed by atoms with E-state index in [2.05, 4.69) is 14.8 Å². The summed E-state index contributed by atoms with van der Waals surface area (Å²) in [6.45, 7) is 3.21. The van der Waals surface area contributed by atoms with Gasteiger partial charge in [0, 0.05) is 13.6 Å². The minimum absolute atomic E-state index is 0.290. The Balaban J connectivity index is 3.68. The molecule has 0 aliphatic carbocycles. The van der Waals surface area contributed by atoms with Crippen molar-refractivity contribution in [2.24, 2.45) is 5.92 Å². The van der Waals surface area contributed by atoms with E-state index < -0.39 is 10.2 Å². The average Bonchev–Trinajstić information content (AvgIpc) is 2.02. The van der Waals surface area contributed by atoms with Crippen LogP contribution in [0.25, 0.3) is 0 Å². The zero-order chi connectivity index (χ0) is 9.61. The summed E-state index contributed by atoms with van der Waals surface area (Å²) < 4.78 is 26.3. The van der Waals surface area contributed by atoms with Crippen LogP contribution in [0.5, 0.6) is 0 Å². The van der Waals surface area contributed by atoms with Gasteiger partial charge in [-0.05, 0) is 19.5 Å². The molecule has 74 valence electrons. The SMILES string of the molecule is CNCC(C)CNS(=O)(=O)NC. The van der Waals surface area contributed by atoms with Gasteiger partial charge in [0.25, 0.3) is 10.2 Å². The van der Waals surface area contributed by atoms with E-state index >= 15 is 0 Å². The number of hydrogen-bond donors (Lipinski definition) is 3. The number of rotatable bonds is 6. The summed E-state index contributed by atoms with van der Waals surface area (Å²) in [4.78, 5) is 0. The van der Waals surface area contributed by atoms with Gasteiger partial charge < -0.3 is 5.32 Å². The summed E-state index contributed by atoms with van der Waals surface area (Å²) in [5, 5.41) is 2.97. The summed E-state index contributed by atoms with van der Waals surface area (Å²) in [5.41, 5.74) is 0. The third kappa shape index (κ3) is 5.48. The predicted octanol–water partition coefficient (Wildman–Crippen LogP) is -1.10. The topological polar surface area (TPSA) is 70.2 Å². The van der Waals surface area contributed by atoms with Crippen molar-refractivity contribution in [1.29, 1.82) is 0 Å². The lowest BCUT2D eigenvalue weighted by molar-refractivity contribution is 0.515. The second-order valence-electron chi connectivity index (χ2n) is 2.72. The molecule has 0 aliphatic rings. The van der Waals surface area contributed by atoms with Gasteiger partial charge in [-0.15, -0.1) is 0 Å². The van der Waals surface area contributed by atoms with Crippen LogP contribution in [0.4, 0.5) is 0 Å². The highest BCUT2D eigenvalue weighted by molar-refractivity contribution is 7.87. The van der Waals surface area contributed by atoms with E-state index in [4.69, 9.17) is 0 Å². The Labute approximate surface area is 74.1 Å². The Morgan fingerprint density at radius 1 is 1.25 bits per heavy atom. The van der Waals surface area contributed by atoms with Gasteiger partial charge in [0.1, 0.15) is 0 Å². The lowest BCUT2D eigenvalue weighted by Crippen LogP contribution is -2.38. The molecule has 0 spiro atoms. The van der Waals surface area contributed by atoms with E-state index in [1.807, 2.05) is 14.0 Å². The quantitative estimate of drug-likeness (QED) is 0.503. The van der Waals surface area contributed by atoms with Crippen molar-refractivity contribution in [2.75, 3.05) is 27.2 Å². The van der Waals surface area contributed by atoms with Crippen molar-refractivity contribution in [2.45, 2.75) is 6.92 Å². The molecular formula is C6H17N3O2S. The lowest BCUT2D eigenvalue weighted by atomic mass is 10.2. The zero-order valence-corrected chi connectivity index (χ0v) is 8.53. The molecule has 0 aliphatic heterocycles. The van der Waals surface area contributed by atoms with Crippen molar-refractivity contribution in [3.63, 3.8) is 0 Å². The second kappa shape index (κ2) is 5.47. The highest BCUT2D eigenvalue weighted by Gasteiger charge is 2.07. The van der Waals surface area contributed by atoms with E-state index in [0.29, 0.717) is 6.54 Å². The van der Waals surface area contributed by atoms with E-state index in [1.54, 1.807) is 0 Å². The maximum atomic E-state index is 10.9. The maximum absolute atomic E-state index is 10.9. The molecule has 0 saturated heterocycles. The first-order chi connectivity index (χ1) is 5.52. The van der Waals surface area contributed by atoms with Gasteiger partial charge in [-0.2, -0.15) is 8.42 Å². The minimum Gasteiger partial charge on any atom is -0.319 e. The van der Waals surface area contributed by atoms with Gasteiger partial charge in [-0.1, -0.05) is 6.92 Å². The Bertz CT molecular complexity index is 203. The van der Waals surface area contributed by atoms with E-state index in [-0.39, 0.29) is 5.92 Å². The highest BCUT2D eigenvalue weighted by Crippen LogP contribution is 1.89. The molecule has 0 rings (SSSR count). The molecule has 1 unspecified atom stereocenters. The molecule has 0 fully saturated rings. The standard InChI is InChI=1S/C6H17N3O2S/c1-6(4-7-2)5-9-12(10,11)8-3/h6-9H,4-5H2,1-3H3. The Hall–Kier alpha value is -0.170. The third-order valence-electron chi connectivity index (χ3n) is 1.44. The largest absolute Gasteiger partial charge is 0.319 e. The van der Waals surface area contributed by atoms with Crippen LogP contribution in [0.2, 0.25) is 0 Å². The highest BCUT2D eigenvalue weighted by atomic mass is 32.2. The number of hydrogen-bond acceptors (Lipinski definition) is 3. The van der Waals surface area contributed by atoms with Crippen molar-refractivity contribution >= 4 is 10.2 Å². The predicted molar refractivity (Wildman–Crippen MR) is 49.1 cm³/mol. The van der Waals surface area contributed by atoms with Crippen LogP contribution in [-0.4, -0.2) is 35.6 Å². The number of nitrogens with one attached hydrogen (secondary N) is 3. The van der Waals surface area contributed by atoms with E-state index in [0.717, 1.165) is 6.54 Å². The summed E-state index contributed by atoms with van der Waals surface area (Å²) in [5.74, 6) is 0.290. The third-order valence-corrected chi connectivity index (χ3v) is 2.53. The van der Waals surface area contributed by atoms with Crippen molar-refractivity contribution < 1.29 is 8.42 Å². The molecule has 5 nitrogen and oxygen atoms in total. The normalized spacial score (nSPS) is 14.6. The van der Waals surface area contributed by atoms with Gasteiger partial charge in [0.15, 0.2) is 0 Å². The van der Waals surface area contributed by atoms with Gasteiger partial charge >= 0.3 is 0 Å². The Morgan fingerprint density at radius 2 is 1.83 bits per heavy atom. The molecule has 0 bridgehead atoms. The maximum Gasteiger partial charge on any atom is 0.276 e. The molecule has 0 radical (unpaired) electrons. The monoisotopic (exact) mass is 195 g/mol. The summed E-state index contributed by atoms with van der Waals surface area (Å²) in [6.07, 6.45) is 0. The Morgan fingerprint density at radius 3 is 2.25 bits per heavy atom. The molecule has 1 atom stereocenters. The molecule has 0 aromatic rings. The van der Waals surface area contributed by atoms with Crippen molar-refractivity contribution in [3.8, 4) is 0 Å². The van der Waals surface area contributed by atoms with Gasteiger partial charge in [0.05, 0.1) is 0 Å². The zero-order valence-electron chi connectivity index (χ0n) is 7.72. The molecule has 0 aromatic carbocycles. The van der Waals surface area contributed by atoms with Gasteiger partial charge in [-0.3, -0.25) is 0 Å². The lowest BCUT2D eigenvalue weighted by Gasteiger charge is -2.11. The summed E-state index contributed by atoms with van der Waals surface area (Å²) in [7, 11) is -0.0442. The van der Waals surface area contributed by atoms with Gasteiger partial charge in [-0.25, -0.2) is 9.44 Å². The van der Waals surface area contributed by atoms with Crippen LogP contribution < -0.4 is 14.8 Å². The Kier molecular flexibility index (Phi) is 5.39. The molecule has 3 N–H and O–H groups in total. The van der Waals surface area contributed by atoms with Crippen LogP contribution in [0.3, 0.4) is 0 Å².